The number of nitrogens with one attached hydrogen (secondary N) is 1. The molecule has 0 spiro atoms. The molecule has 2 atom stereocenters. The highest BCUT2D eigenvalue weighted by Gasteiger charge is 2.55. The van der Waals surface area contributed by atoms with E-state index in [9.17, 15) is 9.59 Å². The summed E-state index contributed by atoms with van der Waals surface area (Å²) in [6.07, 6.45) is 0.480. The van der Waals surface area contributed by atoms with E-state index in [4.69, 9.17) is 23.2 Å². The molecular formula is C23H21Cl2N3O2. The van der Waals surface area contributed by atoms with Gasteiger partial charge in [0.05, 0.1) is 10.0 Å². The number of hydrogen-bond acceptors (Lipinski definition) is 2. The van der Waals surface area contributed by atoms with Crippen molar-refractivity contribution in [2.45, 2.75) is 44.8 Å². The minimum atomic E-state index is -0.608. The van der Waals surface area contributed by atoms with E-state index in [2.05, 4.69) is 11.1 Å². The molecule has 1 aromatic heterocycles. The third-order valence-electron chi connectivity index (χ3n) is 5.98. The van der Waals surface area contributed by atoms with Crippen LogP contribution in [-0.2, 0) is 11.2 Å². The second-order valence-electron chi connectivity index (χ2n) is 8.89. The highest BCUT2D eigenvalue weighted by molar-refractivity contribution is 6.42. The van der Waals surface area contributed by atoms with E-state index in [1.54, 1.807) is 17.0 Å². The molecule has 154 valence electrons. The molecular weight excluding hydrogens is 421 g/mol. The van der Waals surface area contributed by atoms with Gasteiger partial charge in [-0.05, 0) is 50.1 Å². The molecule has 1 saturated heterocycles. The smallest absolute Gasteiger partial charge is 0.328 e. The Morgan fingerprint density at radius 3 is 2.47 bits per heavy atom. The molecule has 0 aliphatic carbocycles. The molecule has 0 saturated carbocycles. The highest BCUT2D eigenvalue weighted by Crippen LogP contribution is 2.45. The Morgan fingerprint density at radius 1 is 1.03 bits per heavy atom. The van der Waals surface area contributed by atoms with Gasteiger partial charge in [-0.25, -0.2) is 4.79 Å². The third kappa shape index (κ3) is 2.69. The van der Waals surface area contributed by atoms with Crippen LogP contribution < -0.4 is 0 Å². The molecule has 2 aromatic carbocycles. The predicted molar refractivity (Wildman–Crippen MR) is 118 cm³/mol. The Hall–Kier alpha value is -2.50. The quantitative estimate of drug-likeness (QED) is 0.503. The van der Waals surface area contributed by atoms with Gasteiger partial charge in [-0.15, -0.1) is 0 Å². The average molecular weight is 442 g/mol. The monoisotopic (exact) mass is 441 g/mol. The van der Waals surface area contributed by atoms with Gasteiger partial charge in [0.15, 0.2) is 0 Å². The van der Waals surface area contributed by atoms with Gasteiger partial charge in [-0.1, -0.05) is 47.5 Å². The minimum Gasteiger partial charge on any atom is -0.356 e. The second kappa shape index (κ2) is 6.50. The minimum absolute atomic E-state index is 0.159. The van der Waals surface area contributed by atoms with Crippen LogP contribution in [0, 0.1) is 0 Å². The van der Waals surface area contributed by atoms with Gasteiger partial charge < -0.3 is 4.98 Å². The van der Waals surface area contributed by atoms with Crippen LogP contribution in [0.2, 0.25) is 10.0 Å². The van der Waals surface area contributed by atoms with Crippen molar-refractivity contribution in [1.82, 2.24) is 14.8 Å². The van der Waals surface area contributed by atoms with Crippen molar-refractivity contribution < 1.29 is 9.59 Å². The molecule has 7 heteroatoms. The Kier molecular flexibility index (Phi) is 4.21. The Balaban J connectivity index is 1.76. The van der Waals surface area contributed by atoms with Crippen molar-refractivity contribution in [2.24, 2.45) is 0 Å². The largest absolute Gasteiger partial charge is 0.356 e. The van der Waals surface area contributed by atoms with Gasteiger partial charge in [-0.3, -0.25) is 14.6 Å². The van der Waals surface area contributed by atoms with Crippen molar-refractivity contribution in [1.29, 1.82) is 0 Å². The normalized spacial score (nSPS) is 21.4. The van der Waals surface area contributed by atoms with Crippen molar-refractivity contribution in [3.63, 3.8) is 0 Å². The number of para-hydroxylation sites is 1. The second-order valence-corrected chi connectivity index (χ2v) is 9.71. The zero-order valence-corrected chi connectivity index (χ0v) is 18.4. The zero-order chi connectivity index (χ0) is 21.4. The highest BCUT2D eigenvalue weighted by atomic mass is 35.5. The van der Waals surface area contributed by atoms with Crippen LogP contribution in [0.3, 0.4) is 0 Å². The first kappa shape index (κ1) is 19.5. The molecule has 3 heterocycles. The predicted octanol–water partition coefficient (Wildman–Crippen LogP) is 5.55. The molecule has 2 aliphatic rings. The maximum Gasteiger partial charge on any atom is 0.328 e. The van der Waals surface area contributed by atoms with Crippen LogP contribution in [0.15, 0.2) is 42.5 Å². The number of amides is 3. The molecule has 0 radical (unpaired) electrons. The first-order valence-corrected chi connectivity index (χ1v) is 10.6. The number of urea groups is 1. The zero-order valence-electron chi connectivity index (χ0n) is 16.9. The summed E-state index contributed by atoms with van der Waals surface area (Å²) in [5.41, 5.74) is 3.19. The van der Waals surface area contributed by atoms with Gasteiger partial charge in [-0.2, -0.15) is 0 Å². The first-order chi connectivity index (χ1) is 14.2. The van der Waals surface area contributed by atoms with Crippen molar-refractivity contribution in [3.8, 4) is 0 Å². The molecule has 5 nitrogen and oxygen atoms in total. The number of fused-ring (bicyclic) bond motifs is 4. The van der Waals surface area contributed by atoms with E-state index < -0.39 is 17.6 Å². The number of halogens is 2. The standard InChI is InChI=1S/C23H21Cl2N3O2/c1-23(2,3)28-21(29)18-11-14-13-6-4-5-7-17(13)26-19(14)20(27(18)22(28)30)12-8-9-15(24)16(25)10-12/h4-10,18,20,26H,11H2,1-3H3/t18-,20-/m1/s1. The summed E-state index contributed by atoms with van der Waals surface area (Å²) in [6.45, 7) is 5.64. The fourth-order valence-electron chi connectivity index (χ4n) is 4.72. The summed E-state index contributed by atoms with van der Waals surface area (Å²) in [6, 6.07) is 12.1. The Bertz CT molecular complexity index is 1210. The van der Waals surface area contributed by atoms with E-state index in [1.165, 1.54) is 4.90 Å². The van der Waals surface area contributed by atoms with Crippen LogP contribution in [0.4, 0.5) is 4.79 Å². The number of aromatic nitrogens is 1. The van der Waals surface area contributed by atoms with E-state index in [-0.39, 0.29) is 11.9 Å². The lowest BCUT2D eigenvalue weighted by molar-refractivity contribution is -0.131. The SMILES string of the molecule is CC(C)(C)N1C(=O)[C@H]2Cc3c([nH]c4ccccc34)[C@@H](c3ccc(Cl)c(Cl)c3)N2C1=O. The van der Waals surface area contributed by atoms with E-state index >= 15 is 0 Å². The van der Waals surface area contributed by atoms with Crippen LogP contribution in [0.5, 0.6) is 0 Å². The maximum absolute atomic E-state index is 13.5. The van der Waals surface area contributed by atoms with Gasteiger partial charge in [0.1, 0.15) is 12.1 Å². The molecule has 1 N–H and O–H groups in total. The van der Waals surface area contributed by atoms with Crippen LogP contribution >= 0.6 is 23.2 Å². The summed E-state index contributed by atoms with van der Waals surface area (Å²) in [5, 5.41) is 1.94. The average Bonchev–Trinajstić information content (AvgIpc) is 3.17. The topological polar surface area (TPSA) is 56.4 Å². The van der Waals surface area contributed by atoms with Gasteiger partial charge >= 0.3 is 6.03 Å². The van der Waals surface area contributed by atoms with Gasteiger partial charge in [0.25, 0.3) is 5.91 Å². The Morgan fingerprint density at radius 2 is 1.77 bits per heavy atom. The van der Waals surface area contributed by atoms with E-state index in [1.807, 2.05) is 45.0 Å². The summed E-state index contributed by atoms with van der Waals surface area (Å²) >= 11 is 12.5. The van der Waals surface area contributed by atoms with Crippen LogP contribution in [-0.4, -0.2) is 38.3 Å². The van der Waals surface area contributed by atoms with Crippen molar-refractivity contribution >= 4 is 46.0 Å². The lowest BCUT2D eigenvalue weighted by Gasteiger charge is -2.36. The number of aromatic amines is 1. The number of rotatable bonds is 1. The molecule has 1 fully saturated rings. The number of carbonyl (C=O) groups excluding carboxylic acids is 2. The van der Waals surface area contributed by atoms with Crippen LogP contribution in [0.25, 0.3) is 10.9 Å². The molecule has 30 heavy (non-hydrogen) atoms. The summed E-state index contributed by atoms with van der Waals surface area (Å²) in [7, 11) is 0. The summed E-state index contributed by atoms with van der Waals surface area (Å²) in [4.78, 5) is 33.5. The molecule has 3 amide bonds. The van der Waals surface area contributed by atoms with E-state index in [0.29, 0.717) is 16.5 Å². The number of hydrogen-bond donors (Lipinski definition) is 1. The van der Waals surface area contributed by atoms with Gasteiger partial charge in [0.2, 0.25) is 0 Å². The summed E-state index contributed by atoms with van der Waals surface area (Å²) < 4.78 is 0. The van der Waals surface area contributed by atoms with Crippen molar-refractivity contribution in [3.05, 3.63) is 69.3 Å². The number of carbonyl (C=O) groups is 2. The fourth-order valence-corrected chi connectivity index (χ4v) is 5.03. The number of nitrogens with zero attached hydrogens (tertiary/aromatic N) is 2. The molecule has 5 rings (SSSR count). The maximum atomic E-state index is 13.5. The number of imide groups is 1. The van der Waals surface area contributed by atoms with Crippen LogP contribution in [0.1, 0.15) is 43.6 Å². The lowest BCUT2D eigenvalue weighted by Crippen LogP contribution is -2.46. The lowest BCUT2D eigenvalue weighted by atomic mass is 9.89. The fraction of sp³-hybridized carbons (Fsp3) is 0.304. The summed E-state index contributed by atoms with van der Waals surface area (Å²) in [5.74, 6) is -0.159. The molecule has 2 aliphatic heterocycles. The first-order valence-electron chi connectivity index (χ1n) is 9.89. The molecule has 0 bridgehead atoms. The van der Waals surface area contributed by atoms with Crippen molar-refractivity contribution in [2.75, 3.05) is 0 Å². The third-order valence-corrected chi connectivity index (χ3v) is 6.72. The van der Waals surface area contributed by atoms with E-state index in [0.717, 1.165) is 27.7 Å². The molecule has 3 aromatic rings. The Labute approximate surface area is 184 Å². The van der Waals surface area contributed by atoms with Gasteiger partial charge in [0, 0.05) is 28.6 Å². The number of benzene rings is 2. The molecule has 0 unspecified atom stereocenters. The number of H-pyrrole nitrogens is 1.